The number of ether oxygens (including phenoxy) is 1. The van der Waals surface area contributed by atoms with Gasteiger partial charge in [0.25, 0.3) is 0 Å². The number of carbonyl (C=O) groups is 1. The van der Waals surface area contributed by atoms with E-state index in [4.69, 9.17) is 5.11 Å². The minimum atomic E-state index is -1.18. The van der Waals surface area contributed by atoms with E-state index in [1.54, 1.807) is 0 Å². The lowest BCUT2D eigenvalue weighted by molar-refractivity contribution is 0.0864. The van der Waals surface area contributed by atoms with Crippen LogP contribution in [-0.2, 0) is 4.74 Å². The Labute approximate surface area is 77.7 Å². The quantitative estimate of drug-likeness (QED) is 0.479. The highest BCUT2D eigenvalue weighted by Gasteiger charge is 2.08. The van der Waals surface area contributed by atoms with Crippen molar-refractivity contribution in [2.45, 2.75) is 6.42 Å². The molecule has 5 heteroatoms. The molecule has 76 valence electrons. The van der Waals surface area contributed by atoms with Gasteiger partial charge < -0.3 is 20.1 Å². The van der Waals surface area contributed by atoms with Crippen LogP contribution in [0.3, 0.4) is 0 Å². The fourth-order valence-electron chi connectivity index (χ4n) is 1.38. The average molecular weight is 188 g/mol. The van der Waals surface area contributed by atoms with Crippen molar-refractivity contribution in [1.82, 2.24) is 10.2 Å². The molecule has 1 heterocycles. The summed E-state index contributed by atoms with van der Waals surface area (Å²) in [6.45, 7) is 5.38. The summed E-state index contributed by atoms with van der Waals surface area (Å²) in [7, 11) is 0. The van der Waals surface area contributed by atoms with E-state index in [0.29, 0.717) is 6.61 Å². The van der Waals surface area contributed by atoms with Crippen molar-refractivity contribution in [2.75, 3.05) is 39.3 Å². The zero-order valence-electron chi connectivity index (χ0n) is 7.66. The molecule has 1 rings (SSSR count). The van der Waals surface area contributed by atoms with E-state index in [0.717, 1.165) is 39.1 Å². The SMILES string of the molecule is O=C(O)OCCCN1CCNCC1. The van der Waals surface area contributed by atoms with E-state index in [1.165, 1.54) is 0 Å². The number of hydrogen-bond donors (Lipinski definition) is 2. The van der Waals surface area contributed by atoms with Crippen LogP contribution in [0.1, 0.15) is 6.42 Å². The Morgan fingerprint density at radius 2 is 2.15 bits per heavy atom. The van der Waals surface area contributed by atoms with Crippen molar-refractivity contribution in [3.8, 4) is 0 Å². The lowest BCUT2D eigenvalue weighted by Gasteiger charge is -2.26. The largest absolute Gasteiger partial charge is 0.505 e. The first kappa shape index (κ1) is 10.3. The van der Waals surface area contributed by atoms with E-state index in [-0.39, 0.29) is 0 Å². The minimum absolute atomic E-state index is 0.305. The Bertz CT molecular complexity index is 157. The second-order valence-corrected chi connectivity index (χ2v) is 3.06. The summed E-state index contributed by atoms with van der Waals surface area (Å²) in [5.41, 5.74) is 0. The van der Waals surface area contributed by atoms with Crippen LogP contribution in [-0.4, -0.2) is 55.5 Å². The Kier molecular flexibility index (Phi) is 4.56. The molecule has 0 atom stereocenters. The number of carboxylic acid groups (broad SMARTS) is 1. The first-order chi connectivity index (χ1) is 6.29. The van der Waals surface area contributed by atoms with Crippen LogP contribution in [0.4, 0.5) is 4.79 Å². The van der Waals surface area contributed by atoms with Crippen LogP contribution < -0.4 is 5.32 Å². The Hall–Kier alpha value is -0.810. The van der Waals surface area contributed by atoms with Gasteiger partial charge in [0, 0.05) is 32.7 Å². The van der Waals surface area contributed by atoms with Crippen LogP contribution >= 0.6 is 0 Å². The molecule has 0 aromatic heterocycles. The van der Waals surface area contributed by atoms with Gasteiger partial charge in [0.2, 0.25) is 0 Å². The molecule has 0 aliphatic carbocycles. The van der Waals surface area contributed by atoms with Crippen LogP contribution in [0.2, 0.25) is 0 Å². The van der Waals surface area contributed by atoms with Crippen LogP contribution in [0, 0.1) is 0 Å². The minimum Gasteiger partial charge on any atom is -0.450 e. The van der Waals surface area contributed by atoms with Gasteiger partial charge in [0.15, 0.2) is 0 Å². The molecule has 13 heavy (non-hydrogen) atoms. The number of piperazine rings is 1. The predicted molar refractivity (Wildman–Crippen MR) is 47.9 cm³/mol. The molecule has 0 unspecified atom stereocenters. The van der Waals surface area contributed by atoms with Crippen LogP contribution in [0.5, 0.6) is 0 Å². The van der Waals surface area contributed by atoms with Crippen molar-refractivity contribution in [3.63, 3.8) is 0 Å². The summed E-state index contributed by atoms with van der Waals surface area (Å²) in [5, 5.41) is 11.5. The highest BCUT2D eigenvalue weighted by Crippen LogP contribution is 1.94. The molecule has 1 aliphatic heterocycles. The topological polar surface area (TPSA) is 61.8 Å². The molecule has 0 amide bonds. The predicted octanol–water partition coefficient (Wildman–Crippen LogP) is -0.0237. The zero-order valence-corrected chi connectivity index (χ0v) is 7.66. The van der Waals surface area contributed by atoms with Gasteiger partial charge in [-0.1, -0.05) is 0 Å². The molecule has 5 nitrogen and oxygen atoms in total. The van der Waals surface area contributed by atoms with Gasteiger partial charge in [-0.3, -0.25) is 0 Å². The summed E-state index contributed by atoms with van der Waals surface area (Å²) in [4.78, 5) is 12.3. The molecule has 0 aromatic carbocycles. The molecule has 0 radical (unpaired) electrons. The summed E-state index contributed by atoms with van der Waals surface area (Å²) < 4.78 is 4.41. The van der Waals surface area contributed by atoms with E-state index >= 15 is 0 Å². The van der Waals surface area contributed by atoms with Crippen molar-refractivity contribution >= 4 is 6.16 Å². The van der Waals surface area contributed by atoms with Gasteiger partial charge in [-0.15, -0.1) is 0 Å². The smallest absolute Gasteiger partial charge is 0.450 e. The maximum Gasteiger partial charge on any atom is 0.505 e. The van der Waals surface area contributed by atoms with Gasteiger partial charge in [-0.05, 0) is 6.42 Å². The number of nitrogens with zero attached hydrogens (tertiary/aromatic N) is 1. The second-order valence-electron chi connectivity index (χ2n) is 3.06. The third kappa shape index (κ3) is 4.69. The third-order valence-electron chi connectivity index (χ3n) is 2.05. The van der Waals surface area contributed by atoms with E-state index in [1.807, 2.05) is 0 Å². The molecular weight excluding hydrogens is 172 g/mol. The van der Waals surface area contributed by atoms with E-state index in [9.17, 15) is 4.79 Å². The van der Waals surface area contributed by atoms with Crippen LogP contribution in [0.25, 0.3) is 0 Å². The lowest BCUT2D eigenvalue weighted by atomic mass is 10.3. The highest BCUT2D eigenvalue weighted by atomic mass is 16.7. The number of hydrogen-bond acceptors (Lipinski definition) is 4. The van der Waals surface area contributed by atoms with Crippen molar-refractivity contribution in [1.29, 1.82) is 0 Å². The standard InChI is InChI=1S/C8H16N2O3/c11-8(12)13-7-1-4-10-5-2-9-3-6-10/h9H,1-7H2,(H,11,12). The van der Waals surface area contributed by atoms with E-state index < -0.39 is 6.16 Å². The van der Waals surface area contributed by atoms with E-state index in [2.05, 4.69) is 15.0 Å². The van der Waals surface area contributed by atoms with Crippen molar-refractivity contribution in [3.05, 3.63) is 0 Å². The Balaban J connectivity index is 1.95. The maximum atomic E-state index is 10.0. The molecule has 0 saturated carbocycles. The van der Waals surface area contributed by atoms with Gasteiger partial charge in [-0.25, -0.2) is 4.79 Å². The van der Waals surface area contributed by atoms with Crippen molar-refractivity contribution < 1.29 is 14.6 Å². The maximum absolute atomic E-state index is 10.0. The van der Waals surface area contributed by atoms with Crippen LogP contribution in [0.15, 0.2) is 0 Å². The first-order valence-corrected chi connectivity index (χ1v) is 4.58. The molecule has 1 aliphatic rings. The molecular formula is C8H16N2O3. The molecule has 0 bridgehead atoms. The monoisotopic (exact) mass is 188 g/mol. The molecule has 1 fully saturated rings. The Morgan fingerprint density at radius 1 is 1.46 bits per heavy atom. The fourth-order valence-corrected chi connectivity index (χ4v) is 1.38. The normalized spacial score (nSPS) is 18.5. The highest BCUT2D eigenvalue weighted by molar-refractivity contribution is 5.56. The fraction of sp³-hybridized carbons (Fsp3) is 0.875. The summed E-state index contributed by atoms with van der Waals surface area (Å²) >= 11 is 0. The number of nitrogens with one attached hydrogen (secondary N) is 1. The molecule has 0 aromatic rings. The van der Waals surface area contributed by atoms with Gasteiger partial charge >= 0.3 is 6.16 Å². The molecule has 0 spiro atoms. The molecule has 1 saturated heterocycles. The average Bonchev–Trinajstić information content (AvgIpc) is 2.14. The summed E-state index contributed by atoms with van der Waals surface area (Å²) in [6, 6.07) is 0. The zero-order chi connectivity index (χ0) is 9.52. The third-order valence-corrected chi connectivity index (χ3v) is 2.05. The van der Waals surface area contributed by atoms with Gasteiger partial charge in [-0.2, -0.15) is 0 Å². The number of rotatable bonds is 4. The lowest BCUT2D eigenvalue weighted by Crippen LogP contribution is -2.43. The first-order valence-electron chi connectivity index (χ1n) is 4.58. The molecule has 2 N–H and O–H groups in total. The summed E-state index contributed by atoms with van der Waals surface area (Å²) in [6.07, 6.45) is -0.396. The van der Waals surface area contributed by atoms with Gasteiger partial charge in [0.05, 0.1) is 6.61 Å². The van der Waals surface area contributed by atoms with Crippen molar-refractivity contribution in [2.24, 2.45) is 0 Å². The summed E-state index contributed by atoms with van der Waals surface area (Å²) in [5.74, 6) is 0. The second kappa shape index (κ2) is 5.77. The van der Waals surface area contributed by atoms with Gasteiger partial charge in [0.1, 0.15) is 0 Å². The Morgan fingerprint density at radius 3 is 2.77 bits per heavy atom.